The van der Waals surface area contributed by atoms with Gasteiger partial charge in [0.15, 0.2) is 0 Å². The quantitative estimate of drug-likeness (QED) is 0.105. The fraction of sp³-hybridized carbons (Fsp3) is 0.784. The number of aryl methyl sites for hydroxylation is 1. The number of amides is 2. The third kappa shape index (κ3) is 21.2. The Kier molecular flexibility index (Phi) is 21.8. The summed E-state index contributed by atoms with van der Waals surface area (Å²) in [6.45, 7) is 9.55. The molecule has 0 unspecified atom stereocenters. The Hall–Kier alpha value is -2.24. The van der Waals surface area contributed by atoms with E-state index in [9.17, 15) is 9.59 Å². The van der Waals surface area contributed by atoms with Crippen molar-refractivity contribution in [3.63, 3.8) is 0 Å². The van der Waals surface area contributed by atoms with Crippen molar-refractivity contribution in [3.8, 4) is 5.75 Å². The van der Waals surface area contributed by atoms with E-state index in [0.717, 1.165) is 31.4 Å². The highest BCUT2D eigenvalue weighted by molar-refractivity contribution is 5.76. The zero-order valence-electron chi connectivity index (χ0n) is 28.9. The molecule has 248 valence electrons. The molecule has 1 aromatic rings. The van der Waals surface area contributed by atoms with Gasteiger partial charge in [-0.3, -0.25) is 4.79 Å². The van der Waals surface area contributed by atoms with Crippen molar-refractivity contribution in [1.82, 2.24) is 9.80 Å². The molecule has 6 nitrogen and oxygen atoms in total. The van der Waals surface area contributed by atoms with E-state index in [0.29, 0.717) is 26.1 Å². The molecule has 0 aliphatic carbocycles. The predicted octanol–water partition coefficient (Wildman–Crippen LogP) is 9.97. The summed E-state index contributed by atoms with van der Waals surface area (Å²) in [5, 5.41) is 0. The smallest absolute Gasteiger partial charge is 0.410 e. The third-order valence-corrected chi connectivity index (χ3v) is 8.06. The standard InChI is InChI=1S/C37H66N2O4/c1-7-8-9-10-11-12-13-14-15-16-17-18-19-20-21-22-25-35(40)39(32-31-38(5)36(41)43-37(2,3)4)30-23-24-33-26-28-34(42-6)29-27-33/h26-29H,7-25,30-32H2,1-6H3. The van der Waals surface area contributed by atoms with Gasteiger partial charge in [-0.15, -0.1) is 0 Å². The summed E-state index contributed by atoms with van der Waals surface area (Å²) in [4.78, 5) is 29.1. The van der Waals surface area contributed by atoms with Crippen LogP contribution in [0.15, 0.2) is 24.3 Å². The Morgan fingerprint density at radius 1 is 0.674 bits per heavy atom. The number of ether oxygens (including phenoxy) is 2. The molecule has 0 atom stereocenters. The normalized spacial score (nSPS) is 11.4. The van der Waals surface area contributed by atoms with E-state index >= 15 is 0 Å². The van der Waals surface area contributed by atoms with Gasteiger partial charge in [-0.1, -0.05) is 115 Å². The number of hydrogen-bond donors (Lipinski definition) is 0. The maximum Gasteiger partial charge on any atom is 0.410 e. The maximum absolute atomic E-state index is 13.2. The molecule has 1 rings (SSSR count). The van der Waals surface area contributed by atoms with Gasteiger partial charge in [-0.2, -0.15) is 0 Å². The minimum absolute atomic E-state index is 0.192. The van der Waals surface area contributed by atoms with Crippen molar-refractivity contribution in [2.24, 2.45) is 0 Å². The van der Waals surface area contributed by atoms with E-state index in [1.165, 1.54) is 95.5 Å². The van der Waals surface area contributed by atoms with Gasteiger partial charge in [-0.05, 0) is 57.7 Å². The summed E-state index contributed by atoms with van der Waals surface area (Å²) in [6, 6.07) is 8.12. The van der Waals surface area contributed by atoms with E-state index < -0.39 is 5.60 Å². The van der Waals surface area contributed by atoms with Gasteiger partial charge in [0.1, 0.15) is 11.4 Å². The van der Waals surface area contributed by atoms with Crippen molar-refractivity contribution in [3.05, 3.63) is 29.8 Å². The minimum atomic E-state index is -0.535. The zero-order chi connectivity index (χ0) is 31.8. The summed E-state index contributed by atoms with van der Waals surface area (Å²) < 4.78 is 10.7. The van der Waals surface area contributed by atoms with Crippen LogP contribution in [-0.2, 0) is 16.0 Å². The lowest BCUT2D eigenvalue weighted by Crippen LogP contribution is -2.41. The number of methoxy groups -OCH3 is 1. The number of unbranched alkanes of at least 4 members (excludes halogenated alkanes) is 15. The lowest BCUT2D eigenvalue weighted by atomic mass is 10.0. The van der Waals surface area contributed by atoms with Crippen LogP contribution in [0.3, 0.4) is 0 Å². The predicted molar refractivity (Wildman–Crippen MR) is 181 cm³/mol. The Labute approximate surface area is 265 Å². The summed E-state index contributed by atoms with van der Waals surface area (Å²) in [5.41, 5.74) is 0.698. The first kappa shape index (κ1) is 38.8. The summed E-state index contributed by atoms with van der Waals surface area (Å²) in [6.07, 6.45) is 23.2. The van der Waals surface area contributed by atoms with Crippen LogP contribution in [0, 0.1) is 0 Å². The van der Waals surface area contributed by atoms with E-state index in [1.807, 2.05) is 37.8 Å². The number of carbonyl (C=O) groups excluding carboxylic acids is 2. The van der Waals surface area contributed by atoms with Crippen LogP contribution in [0.2, 0.25) is 0 Å². The van der Waals surface area contributed by atoms with E-state index in [4.69, 9.17) is 9.47 Å². The monoisotopic (exact) mass is 603 g/mol. The molecule has 0 radical (unpaired) electrons. The molecule has 0 aliphatic rings. The molecule has 0 bridgehead atoms. The van der Waals surface area contributed by atoms with Crippen LogP contribution in [-0.4, -0.2) is 61.2 Å². The second-order valence-electron chi connectivity index (χ2n) is 13.3. The number of carbonyl (C=O) groups is 2. The van der Waals surface area contributed by atoms with Gasteiger partial charge in [0.25, 0.3) is 0 Å². The second kappa shape index (κ2) is 24.1. The Morgan fingerprint density at radius 2 is 1.16 bits per heavy atom. The average Bonchev–Trinajstić information content (AvgIpc) is 2.97. The van der Waals surface area contributed by atoms with Gasteiger partial charge >= 0.3 is 6.09 Å². The molecule has 6 heteroatoms. The Bertz CT molecular complexity index is 834. The number of hydrogen-bond acceptors (Lipinski definition) is 4. The Balaban J connectivity index is 2.30. The molecular weight excluding hydrogens is 536 g/mol. The molecule has 0 spiro atoms. The molecule has 0 saturated heterocycles. The summed E-state index contributed by atoms with van der Waals surface area (Å²) in [5.74, 6) is 1.04. The highest BCUT2D eigenvalue weighted by Gasteiger charge is 2.21. The molecule has 0 aliphatic heterocycles. The van der Waals surface area contributed by atoms with Gasteiger partial charge in [-0.25, -0.2) is 4.79 Å². The van der Waals surface area contributed by atoms with Crippen molar-refractivity contribution >= 4 is 12.0 Å². The third-order valence-electron chi connectivity index (χ3n) is 8.06. The first-order valence-electron chi connectivity index (χ1n) is 17.5. The first-order valence-corrected chi connectivity index (χ1v) is 17.5. The van der Waals surface area contributed by atoms with Gasteiger partial charge in [0.2, 0.25) is 5.91 Å². The molecule has 0 N–H and O–H groups in total. The lowest BCUT2D eigenvalue weighted by molar-refractivity contribution is -0.131. The lowest BCUT2D eigenvalue weighted by Gasteiger charge is -2.28. The van der Waals surface area contributed by atoms with Gasteiger partial charge in [0.05, 0.1) is 7.11 Å². The number of nitrogens with zero attached hydrogens (tertiary/aromatic N) is 2. The van der Waals surface area contributed by atoms with Crippen LogP contribution in [0.25, 0.3) is 0 Å². The SMILES string of the molecule is CCCCCCCCCCCCCCCCCCC(=O)N(CCCc1ccc(OC)cc1)CCN(C)C(=O)OC(C)(C)C. The van der Waals surface area contributed by atoms with E-state index in [-0.39, 0.29) is 12.0 Å². The Morgan fingerprint density at radius 3 is 1.63 bits per heavy atom. The highest BCUT2D eigenvalue weighted by atomic mass is 16.6. The van der Waals surface area contributed by atoms with Crippen LogP contribution >= 0.6 is 0 Å². The van der Waals surface area contributed by atoms with Crippen molar-refractivity contribution in [1.29, 1.82) is 0 Å². The van der Waals surface area contributed by atoms with Gasteiger partial charge < -0.3 is 19.3 Å². The molecule has 2 amide bonds. The van der Waals surface area contributed by atoms with Crippen molar-refractivity contribution < 1.29 is 19.1 Å². The van der Waals surface area contributed by atoms with Crippen LogP contribution in [0.5, 0.6) is 5.75 Å². The topological polar surface area (TPSA) is 59.1 Å². The van der Waals surface area contributed by atoms with E-state index in [2.05, 4.69) is 19.1 Å². The molecule has 43 heavy (non-hydrogen) atoms. The largest absolute Gasteiger partial charge is 0.497 e. The molecule has 0 saturated carbocycles. The zero-order valence-corrected chi connectivity index (χ0v) is 28.9. The van der Waals surface area contributed by atoms with E-state index in [1.54, 1.807) is 19.1 Å². The summed E-state index contributed by atoms with van der Waals surface area (Å²) in [7, 11) is 3.41. The maximum atomic E-state index is 13.2. The van der Waals surface area contributed by atoms with Crippen molar-refractivity contribution in [2.45, 2.75) is 155 Å². The average molecular weight is 603 g/mol. The van der Waals surface area contributed by atoms with Crippen LogP contribution in [0.4, 0.5) is 4.79 Å². The molecule has 0 heterocycles. The van der Waals surface area contributed by atoms with Crippen LogP contribution < -0.4 is 4.74 Å². The number of likely N-dealkylation sites (N-methyl/N-ethyl adjacent to an activating group) is 1. The molecule has 1 aromatic carbocycles. The number of benzene rings is 1. The summed E-state index contributed by atoms with van der Waals surface area (Å²) >= 11 is 0. The van der Waals surface area contributed by atoms with Crippen molar-refractivity contribution in [2.75, 3.05) is 33.8 Å². The molecule has 0 fully saturated rings. The fourth-order valence-electron chi connectivity index (χ4n) is 5.31. The van der Waals surface area contributed by atoms with Crippen LogP contribution in [0.1, 0.15) is 149 Å². The molecular formula is C37H66N2O4. The molecule has 0 aromatic heterocycles. The first-order chi connectivity index (χ1) is 20.7. The highest BCUT2D eigenvalue weighted by Crippen LogP contribution is 2.16. The number of rotatable bonds is 25. The minimum Gasteiger partial charge on any atom is -0.497 e. The van der Waals surface area contributed by atoms with Gasteiger partial charge in [0, 0.05) is 33.1 Å². The fourth-order valence-corrected chi connectivity index (χ4v) is 5.31. The second-order valence-corrected chi connectivity index (χ2v) is 13.3.